The van der Waals surface area contributed by atoms with E-state index in [2.05, 4.69) is 9.97 Å². The third kappa shape index (κ3) is 3.40. The van der Waals surface area contributed by atoms with E-state index in [1.165, 1.54) is 0 Å². The second kappa shape index (κ2) is 7.07. The van der Waals surface area contributed by atoms with E-state index in [0.717, 1.165) is 22.3 Å². The lowest BCUT2D eigenvalue weighted by atomic mass is 10.1. The van der Waals surface area contributed by atoms with Crippen molar-refractivity contribution in [2.24, 2.45) is 0 Å². The van der Waals surface area contributed by atoms with Crippen LogP contribution in [0.15, 0.2) is 48.7 Å². The molecule has 0 aliphatic heterocycles. The van der Waals surface area contributed by atoms with Gasteiger partial charge in [0.15, 0.2) is 11.5 Å². The average Bonchev–Trinajstić information content (AvgIpc) is 2.61. The zero-order valence-electron chi connectivity index (χ0n) is 13.2. The largest absolute Gasteiger partial charge is 0.493 e. The van der Waals surface area contributed by atoms with Crippen LogP contribution in [0.4, 0.5) is 0 Å². The van der Waals surface area contributed by atoms with Crippen LogP contribution in [0, 0.1) is 0 Å². The molecule has 5 heteroatoms. The van der Waals surface area contributed by atoms with E-state index in [1.807, 2.05) is 42.5 Å². The maximum absolute atomic E-state index is 5.64. The number of nitrogens with zero attached hydrogens (tertiary/aromatic N) is 2. The van der Waals surface area contributed by atoms with E-state index >= 15 is 0 Å². The number of benzene rings is 2. The monoisotopic (exact) mass is 310 g/mol. The summed E-state index contributed by atoms with van der Waals surface area (Å²) in [4.78, 5) is 9.09. The fraction of sp³-hybridized carbons (Fsp3) is 0.222. The van der Waals surface area contributed by atoms with Gasteiger partial charge in [0.1, 0.15) is 6.61 Å². The van der Waals surface area contributed by atoms with Gasteiger partial charge in [0.2, 0.25) is 0 Å². The zero-order chi connectivity index (χ0) is 16.1. The highest BCUT2D eigenvalue weighted by Gasteiger charge is 2.09. The topological polar surface area (TPSA) is 53.5 Å². The van der Waals surface area contributed by atoms with Gasteiger partial charge in [0.05, 0.1) is 36.6 Å². The van der Waals surface area contributed by atoms with Gasteiger partial charge in [-0.05, 0) is 30.3 Å². The van der Waals surface area contributed by atoms with E-state index in [0.29, 0.717) is 24.7 Å². The van der Waals surface area contributed by atoms with E-state index < -0.39 is 0 Å². The number of para-hydroxylation sites is 2. The van der Waals surface area contributed by atoms with Crippen LogP contribution in [0.5, 0.6) is 11.5 Å². The van der Waals surface area contributed by atoms with Gasteiger partial charge in [-0.25, -0.2) is 4.98 Å². The van der Waals surface area contributed by atoms with Crippen molar-refractivity contribution in [1.29, 1.82) is 0 Å². The third-order valence-corrected chi connectivity index (χ3v) is 3.45. The maximum Gasteiger partial charge on any atom is 0.161 e. The SMILES string of the molecule is COCCOc1ccc(-c2cnc3ccccc3n2)cc1OC. The summed E-state index contributed by atoms with van der Waals surface area (Å²) < 4.78 is 16.0. The highest BCUT2D eigenvalue weighted by molar-refractivity contribution is 5.77. The van der Waals surface area contributed by atoms with Gasteiger partial charge in [-0.15, -0.1) is 0 Å². The standard InChI is InChI=1S/C18H18N2O3/c1-21-9-10-23-17-8-7-13(11-18(17)22-2)16-12-19-14-5-3-4-6-15(14)20-16/h3-8,11-12H,9-10H2,1-2H3. The molecule has 2 aromatic carbocycles. The molecule has 0 unspecified atom stereocenters. The summed E-state index contributed by atoms with van der Waals surface area (Å²) >= 11 is 0. The van der Waals surface area contributed by atoms with Gasteiger partial charge < -0.3 is 14.2 Å². The van der Waals surface area contributed by atoms with E-state index in [-0.39, 0.29) is 0 Å². The van der Waals surface area contributed by atoms with Gasteiger partial charge in [-0.3, -0.25) is 4.98 Å². The fourth-order valence-electron chi connectivity index (χ4n) is 2.28. The number of ether oxygens (including phenoxy) is 3. The van der Waals surface area contributed by atoms with Gasteiger partial charge >= 0.3 is 0 Å². The Balaban J connectivity index is 1.92. The normalized spacial score (nSPS) is 10.7. The molecule has 0 spiro atoms. The molecule has 118 valence electrons. The molecule has 0 aliphatic carbocycles. The first-order chi connectivity index (χ1) is 11.3. The van der Waals surface area contributed by atoms with Crippen molar-refractivity contribution in [2.75, 3.05) is 27.4 Å². The Morgan fingerprint density at radius 1 is 0.913 bits per heavy atom. The first-order valence-corrected chi connectivity index (χ1v) is 7.34. The van der Waals surface area contributed by atoms with Crippen LogP contribution >= 0.6 is 0 Å². The lowest BCUT2D eigenvalue weighted by Gasteiger charge is -2.12. The molecule has 0 aliphatic rings. The molecule has 0 saturated heterocycles. The maximum atomic E-state index is 5.64. The lowest BCUT2D eigenvalue weighted by molar-refractivity contribution is 0.144. The number of methoxy groups -OCH3 is 2. The highest BCUT2D eigenvalue weighted by Crippen LogP contribution is 2.32. The van der Waals surface area contributed by atoms with Crippen molar-refractivity contribution in [3.63, 3.8) is 0 Å². The Labute approximate surface area is 134 Å². The third-order valence-electron chi connectivity index (χ3n) is 3.45. The lowest BCUT2D eigenvalue weighted by Crippen LogP contribution is -2.05. The van der Waals surface area contributed by atoms with Crippen molar-refractivity contribution < 1.29 is 14.2 Å². The molecule has 5 nitrogen and oxygen atoms in total. The molecule has 0 radical (unpaired) electrons. The summed E-state index contributed by atoms with van der Waals surface area (Å²) in [5, 5.41) is 0. The summed E-state index contributed by atoms with van der Waals surface area (Å²) in [7, 11) is 3.26. The minimum atomic E-state index is 0.474. The summed E-state index contributed by atoms with van der Waals surface area (Å²) in [6.45, 7) is 1.00. The highest BCUT2D eigenvalue weighted by atomic mass is 16.5. The van der Waals surface area contributed by atoms with Crippen molar-refractivity contribution in [3.05, 3.63) is 48.7 Å². The number of hydrogen-bond acceptors (Lipinski definition) is 5. The molecule has 0 amide bonds. The number of hydrogen-bond donors (Lipinski definition) is 0. The van der Waals surface area contributed by atoms with Crippen LogP contribution in [0.2, 0.25) is 0 Å². The Bertz CT molecular complexity index is 805. The Hall–Kier alpha value is -2.66. The van der Waals surface area contributed by atoms with Crippen LogP contribution in [0.1, 0.15) is 0 Å². The number of aromatic nitrogens is 2. The van der Waals surface area contributed by atoms with Crippen molar-refractivity contribution >= 4 is 11.0 Å². The van der Waals surface area contributed by atoms with Crippen molar-refractivity contribution in [3.8, 4) is 22.8 Å². The van der Waals surface area contributed by atoms with Crippen LogP contribution in [-0.2, 0) is 4.74 Å². The first-order valence-electron chi connectivity index (χ1n) is 7.34. The molecule has 0 atom stereocenters. The predicted molar refractivity (Wildman–Crippen MR) is 88.9 cm³/mol. The van der Waals surface area contributed by atoms with E-state index in [9.17, 15) is 0 Å². The van der Waals surface area contributed by atoms with Crippen LogP contribution < -0.4 is 9.47 Å². The summed E-state index contributed by atoms with van der Waals surface area (Å²) in [5.41, 5.74) is 3.47. The molecule has 1 aromatic heterocycles. The molecule has 3 aromatic rings. The average molecular weight is 310 g/mol. The van der Waals surface area contributed by atoms with Crippen LogP contribution in [-0.4, -0.2) is 37.4 Å². The second-order valence-electron chi connectivity index (χ2n) is 4.95. The van der Waals surface area contributed by atoms with Crippen LogP contribution in [0.3, 0.4) is 0 Å². The molecule has 0 bridgehead atoms. The predicted octanol–water partition coefficient (Wildman–Crippen LogP) is 3.33. The van der Waals surface area contributed by atoms with Gasteiger partial charge in [-0.2, -0.15) is 0 Å². The molecular weight excluding hydrogens is 292 g/mol. The second-order valence-corrected chi connectivity index (χ2v) is 4.95. The minimum absolute atomic E-state index is 0.474. The van der Waals surface area contributed by atoms with Gasteiger partial charge in [0, 0.05) is 12.7 Å². The Kier molecular flexibility index (Phi) is 4.68. The minimum Gasteiger partial charge on any atom is -0.493 e. The smallest absolute Gasteiger partial charge is 0.161 e. The number of fused-ring (bicyclic) bond motifs is 1. The quantitative estimate of drug-likeness (QED) is 0.654. The van der Waals surface area contributed by atoms with Gasteiger partial charge in [0.25, 0.3) is 0 Å². The molecule has 3 rings (SSSR count). The van der Waals surface area contributed by atoms with E-state index in [1.54, 1.807) is 20.4 Å². The van der Waals surface area contributed by atoms with Crippen molar-refractivity contribution in [2.45, 2.75) is 0 Å². The summed E-state index contributed by atoms with van der Waals surface area (Å²) in [5.74, 6) is 1.34. The zero-order valence-corrected chi connectivity index (χ0v) is 13.2. The van der Waals surface area contributed by atoms with Crippen molar-refractivity contribution in [1.82, 2.24) is 9.97 Å². The molecule has 23 heavy (non-hydrogen) atoms. The fourth-order valence-corrected chi connectivity index (χ4v) is 2.28. The van der Waals surface area contributed by atoms with E-state index in [4.69, 9.17) is 14.2 Å². The first kappa shape index (κ1) is 15.2. The van der Waals surface area contributed by atoms with Crippen LogP contribution in [0.25, 0.3) is 22.3 Å². The van der Waals surface area contributed by atoms with Gasteiger partial charge in [-0.1, -0.05) is 12.1 Å². The summed E-state index contributed by atoms with van der Waals surface area (Å²) in [6, 6.07) is 13.5. The number of rotatable bonds is 6. The molecule has 0 N–H and O–H groups in total. The molecule has 0 saturated carbocycles. The molecular formula is C18H18N2O3. The Morgan fingerprint density at radius 3 is 2.52 bits per heavy atom. The molecule has 1 heterocycles. The Morgan fingerprint density at radius 2 is 1.74 bits per heavy atom. The molecule has 0 fully saturated rings. The summed E-state index contributed by atoms with van der Waals surface area (Å²) in [6.07, 6.45) is 1.77.